The highest BCUT2D eigenvalue weighted by Gasteiger charge is 2.30. The predicted octanol–water partition coefficient (Wildman–Crippen LogP) is 0.650. The largest absolute Gasteiger partial charge is 0.481 e. The summed E-state index contributed by atoms with van der Waals surface area (Å²) in [4.78, 5) is 26.2. The molecule has 5 heteroatoms. The molecule has 5 nitrogen and oxygen atoms in total. The number of carbonyl (C=O) groups excluding carboxylic acids is 1. The molecular weight excluding hydrogens is 220 g/mol. The summed E-state index contributed by atoms with van der Waals surface area (Å²) in [6, 6.07) is -0.0580. The van der Waals surface area contributed by atoms with Crippen molar-refractivity contribution >= 4 is 11.9 Å². The zero-order valence-electron chi connectivity index (χ0n) is 10.8. The molecule has 1 saturated heterocycles. The van der Waals surface area contributed by atoms with E-state index in [1.807, 2.05) is 11.9 Å². The second kappa shape index (κ2) is 6.00. The summed E-state index contributed by atoms with van der Waals surface area (Å²) in [5.74, 6) is -0.143. The van der Waals surface area contributed by atoms with Crippen LogP contribution in [-0.2, 0) is 9.59 Å². The number of piperazine rings is 1. The zero-order chi connectivity index (χ0) is 13.0. The van der Waals surface area contributed by atoms with E-state index in [1.54, 1.807) is 4.90 Å². The monoisotopic (exact) mass is 242 g/mol. The van der Waals surface area contributed by atoms with Crippen LogP contribution in [0.15, 0.2) is 0 Å². The van der Waals surface area contributed by atoms with Crippen LogP contribution in [-0.4, -0.2) is 59.5 Å². The first-order chi connectivity index (χ1) is 7.90. The van der Waals surface area contributed by atoms with Crippen LogP contribution in [0, 0.1) is 5.92 Å². The van der Waals surface area contributed by atoms with Crippen LogP contribution in [0.3, 0.4) is 0 Å². The maximum Gasteiger partial charge on any atom is 0.305 e. The molecule has 0 bridgehead atoms. The minimum atomic E-state index is -0.806. The lowest BCUT2D eigenvalue weighted by Gasteiger charge is -2.38. The number of hydrogen-bond acceptors (Lipinski definition) is 3. The smallest absolute Gasteiger partial charge is 0.305 e. The molecule has 0 saturated carbocycles. The molecule has 0 aromatic rings. The van der Waals surface area contributed by atoms with E-state index in [2.05, 4.69) is 13.8 Å². The Morgan fingerprint density at radius 1 is 1.53 bits per heavy atom. The third kappa shape index (κ3) is 4.34. The van der Waals surface area contributed by atoms with E-state index in [1.165, 1.54) is 0 Å². The lowest BCUT2D eigenvalue weighted by molar-refractivity contribution is -0.144. The van der Waals surface area contributed by atoms with Crippen LogP contribution in [0.4, 0.5) is 0 Å². The maximum absolute atomic E-state index is 11.8. The fourth-order valence-electron chi connectivity index (χ4n) is 1.99. The minimum absolute atomic E-state index is 0.0580. The number of hydrogen-bond donors (Lipinski definition) is 1. The van der Waals surface area contributed by atoms with Crippen molar-refractivity contribution in [3.8, 4) is 0 Å². The van der Waals surface area contributed by atoms with E-state index in [0.717, 1.165) is 13.0 Å². The molecule has 1 heterocycles. The van der Waals surface area contributed by atoms with Crippen LogP contribution < -0.4 is 0 Å². The van der Waals surface area contributed by atoms with Gasteiger partial charge in [0.15, 0.2) is 0 Å². The van der Waals surface area contributed by atoms with Gasteiger partial charge in [-0.05, 0) is 19.4 Å². The molecule has 1 N–H and O–H groups in total. The SMILES string of the molecule is CC(C)CCN1CC(CC(=O)O)N(C)CC1=O. The average Bonchev–Trinajstić information content (AvgIpc) is 2.19. The molecule has 0 radical (unpaired) electrons. The second-order valence-electron chi connectivity index (χ2n) is 5.19. The number of rotatable bonds is 5. The summed E-state index contributed by atoms with van der Waals surface area (Å²) >= 11 is 0. The number of carboxylic acids is 1. The van der Waals surface area contributed by atoms with Crippen molar-refractivity contribution in [2.24, 2.45) is 5.92 Å². The van der Waals surface area contributed by atoms with Gasteiger partial charge in [0.05, 0.1) is 13.0 Å². The zero-order valence-corrected chi connectivity index (χ0v) is 10.8. The first-order valence-electron chi connectivity index (χ1n) is 6.10. The normalized spacial score (nSPS) is 22.2. The maximum atomic E-state index is 11.8. The van der Waals surface area contributed by atoms with Crippen molar-refractivity contribution in [2.45, 2.75) is 32.7 Å². The number of aliphatic carboxylic acids is 1. The lowest BCUT2D eigenvalue weighted by Crippen LogP contribution is -2.55. The number of carboxylic acid groups (broad SMARTS) is 1. The Hall–Kier alpha value is -1.10. The van der Waals surface area contributed by atoms with Gasteiger partial charge >= 0.3 is 5.97 Å². The fourth-order valence-corrected chi connectivity index (χ4v) is 1.99. The van der Waals surface area contributed by atoms with E-state index >= 15 is 0 Å². The molecule has 0 spiro atoms. The van der Waals surface area contributed by atoms with Crippen molar-refractivity contribution in [2.75, 3.05) is 26.7 Å². The van der Waals surface area contributed by atoms with Crippen LogP contribution in [0.2, 0.25) is 0 Å². The molecule has 1 unspecified atom stereocenters. The van der Waals surface area contributed by atoms with E-state index < -0.39 is 5.97 Å². The number of amides is 1. The summed E-state index contributed by atoms with van der Waals surface area (Å²) in [7, 11) is 1.81. The van der Waals surface area contributed by atoms with Gasteiger partial charge < -0.3 is 10.0 Å². The third-order valence-electron chi connectivity index (χ3n) is 3.18. The van der Waals surface area contributed by atoms with Crippen molar-refractivity contribution in [3.05, 3.63) is 0 Å². The Morgan fingerprint density at radius 3 is 2.71 bits per heavy atom. The third-order valence-corrected chi connectivity index (χ3v) is 3.18. The van der Waals surface area contributed by atoms with Crippen molar-refractivity contribution < 1.29 is 14.7 Å². The molecule has 98 valence electrons. The van der Waals surface area contributed by atoms with Crippen molar-refractivity contribution in [1.29, 1.82) is 0 Å². The van der Waals surface area contributed by atoms with Crippen molar-refractivity contribution in [3.63, 3.8) is 0 Å². The van der Waals surface area contributed by atoms with Crippen LogP contribution >= 0.6 is 0 Å². The summed E-state index contributed by atoms with van der Waals surface area (Å²) in [5, 5.41) is 8.82. The van der Waals surface area contributed by atoms with Crippen LogP contribution in [0.25, 0.3) is 0 Å². The number of carbonyl (C=O) groups is 2. The summed E-state index contributed by atoms with van der Waals surface area (Å²) in [6.07, 6.45) is 1.07. The quantitative estimate of drug-likeness (QED) is 0.769. The van der Waals surface area contributed by atoms with Gasteiger partial charge in [0.1, 0.15) is 0 Å². The molecular formula is C12H22N2O3. The second-order valence-corrected chi connectivity index (χ2v) is 5.19. The highest BCUT2D eigenvalue weighted by molar-refractivity contribution is 5.79. The van der Waals surface area contributed by atoms with Gasteiger partial charge in [-0.2, -0.15) is 0 Å². The van der Waals surface area contributed by atoms with Gasteiger partial charge in [-0.25, -0.2) is 0 Å². The molecule has 1 rings (SSSR count). The van der Waals surface area contributed by atoms with Gasteiger partial charge in [0, 0.05) is 19.1 Å². The standard InChI is InChI=1S/C12H22N2O3/c1-9(2)4-5-14-7-10(6-12(16)17)13(3)8-11(14)15/h9-10H,4-8H2,1-3H3,(H,16,17). The van der Waals surface area contributed by atoms with Crippen LogP contribution in [0.5, 0.6) is 0 Å². The van der Waals surface area contributed by atoms with Gasteiger partial charge in [-0.15, -0.1) is 0 Å². The molecule has 17 heavy (non-hydrogen) atoms. The van der Waals surface area contributed by atoms with E-state index in [4.69, 9.17) is 5.11 Å². The Bertz CT molecular complexity index is 291. The minimum Gasteiger partial charge on any atom is -0.481 e. The van der Waals surface area contributed by atoms with E-state index in [0.29, 0.717) is 19.0 Å². The molecule has 1 fully saturated rings. The fraction of sp³-hybridized carbons (Fsp3) is 0.833. The molecule has 1 aliphatic rings. The number of likely N-dealkylation sites (N-methyl/N-ethyl adjacent to an activating group) is 1. The Morgan fingerprint density at radius 2 is 2.18 bits per heavy atom. The summed E-state index contributed by atoms with van der Waals surface area (Å²) in [6.45, 7) is 5.84. The first-order valence-corrected chi connectivity index (χ1v) is 6.10. The highest BCUT2D eigenvalue weighted by Crippen LogP contribution is 2.13. The molecule has 1 amide bonds. The average molecular weight is 242 g/mol. The van der Waals surface area contributed by atoms with E-state index in [9.17, 15) is 9.59 Å². The molecule has 0 aromatic carbocycles. The van der Waals surface area contributed by atoms with E-state index in [-0.39, 0.29) is 18.4 Å². The topological polar surface area (TPSA) is 60.9 Å². The Kier molecular flexibility index (Phi) is 4.93. The lowest BCUT2D eigenvalue weighted by atomic mass is 10.1. The predicted molar refractivity (Wildman–Crippen MR) is 64.7 cm³/mol. The molecule has 1 aliphatic heterocycles. The molecule has 0 aliphatic carbocycles. The van der Waals surface area contributed by atoms with Gasteiger partial charge in [-0.3, -0.25) is 14.5 Å². The highest BCUT2D eigenvalue weighted by atomic mass is 16.4. The van der Waals surface area contributed by atoms with Gasteiger partial charge in [0.2, 0.25) is 5.91 Å². The van der Waals surface area contributed by atoms with Crippen molar-refractivity contribution in [1.82, 2.24) is 9.80 Å². The summed E-state index contributed by atoms with van der Waals surface area (Å²) < 4.78 is 0. The Balaban J connectivity index is 2.54. The Labute approximate surface area is 102 Å². The molecule has 1 atom stereocenters. The van der Waals surface area contributed by atoms with Crippen LogP contribution in [0.1, 0.15) is 26.7 Å². The molecule has 0 aromatic heterocycles. The van der Waals surface area contributed by atoms with Gasteiger partial charge in [-0.1, -0.05) is 13.8 Å². The number of nitrogens with zero attached hydrogens (tertiary/aromatic N) is 2. The summed E-state index contributed by atoms with van der Waals surface area (Å²) in [5.41, 5.74) is 0. The first kappa shape index (κ1) is 14.0. The van der Waals surface area contributed by atoms with Gasteiger partial charge in [0.25, 0.3) is 0 Å².